The molecule has 0 aliphatic carbocycles. The van der Waals surface area contributed by atoms with Crippen LogP contribution >= 0.6 is 0 Å². The zero-order chi connectivity index (χ0) is 15.9. The second-order valence-corrected chi connectivity index (χ2v) is 4.63. The van der Waals surface area contributed by atoms with E-state index in [2.05, 4.69) is 4.74 Å². The van der Waals surface area contributed by atoms with E-state index in [4.69, 9.17) is 0 Å². The molecule has 0 radical (unpaired) electrons. The molecule has 2 aromatic rings. The molecule has 22 heavy (non-hydrogen) atoms. The van der Waals surface area contributed by atoms with Gasteiger partial charge in [0, 0.05) is 17.8 Å². The van der Waals surface area contributed by atoms with Crippen LogP contribution in [0, 0.1) is 5.82 Å². The predicted molar refractivity (Wildman–Crippen MR) is 81.2 cm³/mol. The van der Waals surface area contributed by atoms with Gasteiger partial charge in [-0.1, -0.05) is 24.3 Å². The average Bonchev–Trinajstić information content (AvgIpc) is 2.55. The number of hydrogen-bond acceptors (Lipinski definition) is 3. The molecule has 0 aromatic heterocycles. The molecular weight excluding hydrogens is 285 g/mol. The zero-order valence-electron chi connectivity index (χ0n) is 12.2. The number of hydrogen-bond donors (Lipinski definition) is 0. The van der Waals surface area contributed by atoms with Crippen LogP contribution in [0.5, 0.6) is 0 Å². The first-order chi connectivity index (χ1) is 10.6. The smallest absolute Gasteiger partial charge is 0.307 e. The van der Waals surface area contributed by atoms with Crippen molar-refractivity contribution in [3.8, 4) is 0 Å². The lowest BCUT2D eigenvalue weighted by atomic mass is 10.1. The Kier molecular flexibility index (Phi) is 5.25. The van der Waals surface area contributed by atoms with Crippen LogP contribution in [0.3, 0.4) is 0 Å². The van der Waals surface area contributed by atoms with Crippen molar-refractivity contribution < 1.29 is 18.7 Å². The van der Waals surface area contributed by atoms with Crippen molar-refractivity contribution in [2.45, 2.75) is 6.42 Å². The Bertz CT molecular complexity index is 658. The van der Waals surface area contributed by atoms with E-state index < -0.39 is 11.8 Å². The number of rotatable bonds is 5. The molecule has 0 N–H and O–H groups in total. The highest BCUT2D eigenvalue weighted by atomic mass is 19.1. The Morgan fingerprint density at radius 1 is 1.09 bits per heavy atom. The molecular formula is C17H16FNO3. The molecule has 0 atom stereocenters. The third kappa shape index (κ3) is 3.91. The van der Waals surface area contributed by atoms with E-state index in [0.717, 1.165) is 0 Å². The van der Waals surface area contributed by atoms with E-state index in [1.165, 1.54) is 30.2 Å². The number of esters is 1. The zero-order valence-corrected chi connectivity index (χ0v) is 12.2. The molecule has 0 spiro atoms. The summed E-state index contributed by atoms with van der Waals surface area (Å²) in [6, 6.07) is 14.4. The van der Waals surface area contributed by atoms with Crippen molar-refractivity contribution in [1.82, 2.24) is 0 Å². The fourth-order valence-corrected chi connectivity index (χ4v) is 2.03. The van der Waals surface area contributed by atoms with Gasteiger partial charge in [0.15, 0.2) is 0 Å². The first-order valence-electron chi connectivity index (χ1n) is 6.81. The molecule has 2 rings (SSSR count). The SMILES string of the molecule is COC(=O)CCN(C(=O)c1ccccc1)c1cccc(F)c1. The summed E-state index contributed by atoms with van der Waals surface area (Å²) in [6.45, 7) is 0.115. The van der Waals surface area contributed by atoms with Crippen LogP contribution in [0.25, 0.3) is 0 Å². The van der Waals surface area contributed by atoms with Crippen LogP contribution in [0.4, 0.5) is 10.1 Å². The van der Waals surface area contributed by atoms with Crippen LogP contribution in [-0.4, -0.2) is 25.5 Å². The summed E-state index contributed by atoms with van der Waals surface area (Å²) in [5.74, 6) is -1.17. The maximum Gasteiger partial charge on any atom is 0.307 e. The maximum absolute atomic E-state index is 13.4. The largest absolute Gasteiger partial charge is 0.469 e. The van der Waals surface area contributed by atoms with Crippen molar-refractivity contribution in [1.29, 1.82) is 0 Å². The summed E-state index contributed by atoms with van der Waals surface area (Å²) in [5, 5.41) is 0. The fraction of sp³-hybridized carbons (Fsp3) is 0.176. The van der Waals surface area contributed by atoms with Gasteiger partial charge in [-0.25, -0.2) is 4.39 Å². The highest BCUT2D eigenvalue weighted by Crippen LogP contribution is 2.19. The molecule has 0 saturated heterocycles. The standard InChI is InChI=1S/C17H16FNO3/c1-22-16(20)10-11-19(15-9-5-8-14(18)12-15)17(21)13-6-3-2-4-7-13/h2-9,12H,10-11H2,1H3. The van der Waals surface area contributed by atoms with E-state index in [1.54, 1.807) is 36.4 Å². The molecule has 0 aliphatic heterocycles. The number of benzene rings is 2. The summed E-state index contributed by atoms with van der Waals surface area (Å²) in [7, 11) is 1.29. The molecule has 0 bridgehead atoms. The number of methoxy groups -OCH3 is 1. The van der Waals surface area contributed by atoms with Gasteiger partial charge in [0.1, 0.15) is 5.82 Å². The van der Waals surface area contributed by atoms with E-state index in [-0.39, 0.29) is 18.9 Å². The van der Waals surface area contributed by atoms with Crippen molar-refractivity contribution in [3.05, 3.63) is 66.0 Å². The summed E-state index contributed by atoms with van der Waals surface area (Å²) in [4.78, 5) is 25.3. The quantitative estimate of drug-likeness (QED) is 0.797. The molecule has 0 unspecified atom stereocenters. The minimum Gasteiger partial charge on any atom is -0.469 e. The van der Waals surface area contributed by atoms with Crippen LogP contribution in [0.2, 0.25) is 0 Å². The highest BCUT2D eigenvalue weighted by molar-refractivity contribution is 6.06. The minimum atomic E-state index is -0.443. The first-order valence-corrected chi connectivity index (χ1v) is 6.81. The Morgan fingerprint density at radius 2 is 1.82 bits per heavy atom. The Morgan fingerprint density at radius 3 is 2.45 bits per heavy atom. The van der Waals surface area contributed by atoms with Gasteiger partial charge in [0.05, 0.1) is 13.5 Å². The predicted octanol–water partition coefficient (Wildman–Crippen LogP) is 3.04. The number of amides is 1. The second kappa shape index (κ2) is 7.36. The molecule has 0 fully saturated rings. The fourth-order valence-electron chi connectivity index (χ4n) is 2.03. The van der Waals surface area contributed by atoms with Gasteiger partial charge in [0.2, 0.25) is 0 Å². The van der Waals surface area contributed by atoms with Crippen LogP contribution in [0.15, 0.2) is 54.6 Å². The number of anilines is 1. The summed E-state index contributed by atoms with van der Waals surface area (Å²) < 4.78 is 18.0. The number of halogens is 1. The lowest BCUT2D eigenvalue weighted by Crippen LogP contribution is -2.33. The average molecular weight is 301 g/mol. The minimum absolute atomic E-state index is 0.0333. The molecule has 5 heteroatoms. The van der Waals surface area contributed by atoms with Gasteiger partial charge < -0.3 is 9.64 Å². The number of nitrogens with zero attached hydrogens (tertiary/aromatic N) is 1. The van der Waals surface area contributed by atoms with Gasteiger partial charge in [-0.15, -0.1) is 0 Å². The monoisotopic (exact) mass is 301 g/mol. The van der Waals surface area contributed by atoms with Gasteiger partial charge in [-0.2, -0.15) is 0 Å². The second-order valence-electron chi connectivity index (χ2n) is 4.63. The van der Waals surface area contributed by atoms with Crippen molar-refractivity contribution in [3.63, 3.8) is 0 Å². The molecule has 0 heterocycles. The molecule has 0 aliphatic rings. The lowest BCUT2D eigenvalue weighted by Gasteiger charge is -2.22. The summed E-state index contributed by atoms with van der Waals surface area (Å²) in [5.41, 5.74) is 0.870. The lowest BCUT2D eigenvalue weighted by molar-refractivity contribution is -0.140. The van der Waals surface area contributed by atoms with Crippen molar-refractivity contribution in [2.24, 2.45) is 0 Å². The summed E-state index contributed by atoms with van der Waals surface area (Å²) >= 11 is 0. The van der Waals surface area contributed by atoms with Crippen LogP contribution in [0.1, 0.15) is 16.8 Å². The highest BCUT2D eigenvalue weighted by Gasteiger charge is 2.19. The van der Waals surface area contributed by atoms with E-state index >= 15 is 0 Å². The summed E-state index contributed by atoms with van der Waals surface area (Å²) in [6.07, 6.45) is 0.0333. The maximum atomic E-state index is 13.4. The number of carbonyl (C=O) groups is 2. The Labute approximate surface area is 128 Å². The van der Waals surface area contributed by atoms with E-state index in [9.17, 15) is 14.0 Å². The van der Waals surface area contributed by atoms with Gasteiger partial charge in [-0.05, 0) is 30.3 Å². The van der Waals surface area contributed by atoms with E-state index in [1.807, 2.05) is 0 Å². The third-order valence-corrected chi connectivity index (χ3v) is 3.15. The molecule has 1 amide bonds. The first kappa shape index (κ1) is 15.7. The number of ether oxygens (including phenoxy) is 1. The van der Waals surface area contributed by atoms with E-state index in [0.29, 0.717) is 11.3 Å². The molecule has 0 saturated carbocycles. The molecule has 114 valence electrons. The van der Waals surface area contributed by atoms with Crippen molar-refractivity contribution >= 4 is 17.6 Å². The third-order valence-electron chi connectivity index (χ3n) is 3.15. The van der Waals surface area contributed by atoms with Gasteiger partial charge in [0.25, 0.3) is 5.91 Å². The normalized spacial score (nSPS) is 10.1. The topological polar surface area (TPSA) is 46.6 Å². The number of carbonyl (C=O) groups excluding carboxylic acids is 2. The van der Waals surface area contributed by atoms with Gasteiger partial charge >= 0.3 is 5.97 Å². The Hall–Kier alpha value is -2.69. The molecule has 4 nitrogen and oxygen atoms in total. The van der Waals surface area contributed by atoms with Crippen molar-refractivity contribution in [2.75, 3.05) is 18.6 Å². The van der Waals surface area contributed by atoms with Crippen LogP contribution in [-0.2, 0) is 9.53 Å². The van der Waals surface area contributed by atoms with Gasteiger partial charge in [-0.3, -0.25) is 9.59 Å². The Balaban J connectivity index is 2.28. The van der Waals surface area contributed by atoms with Crippen LogP contribution < -0.4 is 4.90 Å². The molecule has 2 aromatic carbocycles.